The Morgan fingerprint density at radius 1 is 1.20 bits per heavy atom. The van der Waals surface area contributed by atoms with E-state index < -0.39 is 0 Å². The van der Waals surface area contributed by atoms with Crippen LogP contribution in [0.15, 0.2) is 24.3 Å². The maximum Gasteiger partial charge on any atom is 0.0727 e. The Morgan fingerprint density at radius 3 is 2.60 bits per heavy atom. The van der Waals surface area contributed by atoms with Crippen molar-refractivity contribution in [3.8, 4) is 0 Å². The van der Waals surface area contributed by atoms with Gasteiger partial charge in [0.25, 0.3) is 0 Å². The number of piperazine rings is 1. The first-order valence-electron chi connectivity index (χ1n) is 7.47. The van der Waals surface area contributed by atoms with Crippen molar-refractivity contribution in [2.24, 2.45) is 5.73 Å². The van der Waals surface area contributed by atoms with Crippen molar-refractivity contribution in [2.75, 3.05) is 37.6 Å². The summed E-state index contributed by atoms with van der Waals surface area (Å²) in [6.07, 6.45) is 3.20. The smallest absolute Gasteiger partial charge is 0.0727 e. The fourth-order valence-electron chi connectivity index (χ4n) is 2.69. The lowest BCUT2D eigenvalue weighted by Gasteiger charge is -2.36. The second-order valence-corrected chi connectivity index (χ2v) is 6.12. The number of nitrogens with two attached hydrogens (primary N) is 1. The van der Waals surface area contributed by atoms with Crippen LogP contribution in [0, 0.1) is 6.92 Å². The molecule has 3 nitrogen and oxygen atoms in total. The first-order chi connectivity index (χ1) is 9.65. The molecule has 1 aliphatic rings. The van der Waals surface area contributed by atoms with Gasteiger partial charge in [0.1, 0.15) is 0 Å². The highest BCUT2D eigenvalue weighted by Crippen LogP contribution is 2.17. The number of aryl methyl sites for hydroxylation is 1. The molecule has 0 bridgehead atoms. The van der Waals surface area contributed by atoms with Gasteiger partial charge in [0.05, 0.1) is 4.99 Å². The molecule has 110 valence electrons. The van der Waals surface area contributed by atoms with E-state index in [1.165, 1.54) is 24.2 Å². The molecule has 2 rings (SSSR count). The Labute approximate surface area is 127 Å². The molecule has 1 aliphatic heterocycles. The van der Waals surface area contributed by atoms with Crippen molar-refractivity contribution in [3.05, 3.63) is 29.8 Å². The molecule has 1 aromatic rings. The molecule has 0 aliphatic carbocycles. The van der Waals surface area contributed by atoms with Gasteiger partial charge in [0, 0.05) is 31.9 Å². The van der Waals surface area contributed by atoms with Gasteiger partial charge in [0.15, 0.2) is 0 Å². The van der Waals surface area contributed by atoms with Gasteiger partial charge in [-0.1, -0.05) is 24.4 Å². The van der Waals surface area contributed by atoms with E-state index in [1.54, 1.807) is 0 Å². The van der Waals surface area contributed by atoms with E-state index in [0.29, 0.717) is 4.99 Å². The van der Waals surface area contributed by atoms with E-state index in [1.807, 2.05) is 0 Å². The monoisotopic (exact) mass is 291 g/mol. The van der Waals surface area contributed by atoms with E-state index in [4.69, 9.17) is 18.0 Å². The van der Waals surface area contributed by atoms with Crippen molar-refractivity contribution in [1.29, 1.82) is 0 Å². The standard InChI is InChI=1S/C16H25N3S/c1-14-5-4-6-15(13-14)19-11-9-18(10-12-19)8-3-2-7-16(17)20/h4-6,13H,2-3,7-12H2,1H3,(H2,17,20). The SMILES string of the molecule is Cc1cccc(N2CCN(CCCCC(N)=S)CC2)c1. The molecule has 1 saturated heterocycles. The average molecular weight is 291 g/mol. The lowest BCUT2D eigenvalue weighted by molar-refractivity contribution is 0.253. The highest BCUT2D eigenvalue weighted by atomic mass is 32.1. The maximum absolute atomic E-state index is 5.52. The number of benzene rings is 1. The van der Waals surface area contributed by atoms with Crippen LogP contribution in [-0.4, -0.2) is 42.6 Å². The van der Waals surface area contributed by atoms with Gasteiger partial charge in [-0.2, -0.15) is 0 Å². The quantitative estimate of drug-likeness (QED) is 0.645. The van der Waals surface area contributed by atoms with Crippen LogP contribution in [0.2, 0.25) is 0 Å². The number of anilines is 1. The maximum atomic E-state index is 5.52. The van der Waals surface area contributed by atoms with E-state index >= 15 is 0 Å². The predicted octanol–water partition coefficient (Wildman–Crippen LogP) is 2.57. The van der Waals surface area contributed by atoms with Crippen molar-refractivity contribution in [1.82, 2.24) is 4.90 Å². The Kier molecular flexibility index (Phi) is 5.80. The molecule has 1 heterocycles. The highest BCUT2D eigenvalue weighted by molar-refractivity contribution is 7.80. The van der Waals surface area contributed by atoms with Crippen LogP contribution in [0.1, 0.15) is 24.8 Å². The van der Waals surface area contributed by atoms with Crippen molar-refractivity contribution in [3.63, 3.8) is 0 Å². The molecule has 0 aromatic heterocycles. The fourth-order valence-corrected chi connectivity index (χ4v) is 2.83. The molecule has 0 spiro atoms. The van der Waals surface area contributed by atoms with E-state index in [-0.39, 0.29) is 0 Å². The minimum atomic E-state index is 0.647. The third kappa shape index (κ3) is 4.76. The second kappa shape index (κ2) is 7.60. The second-order valence-electron chi connectivity index (χ2n) is 5.59. The molecule has 2 N–H and O–H groups in total. The van der Waals surface area contributed by atoms with E-state index in [2.05, 4.69) is 41.0 Å². The van der Waals surface area contributed by atoms with Crippen LogP contribution < -0.4 is 10.6 Å². The van der Waals surface area contributed by atoms with Gasteiger partial charge < -0.3 is 10.6 Å². The zero-order valence-electron chi connectivity index (χ0n) is 12.3. The molecule has 1 aromatic carbocycles. The van der Waals surface area contributed by atoms with Crippen LogP contribution in [0.5, 0.6) is 0 Å². The first kappa shape index (κ1) is 15.3. The number of hydrogen-bond acceptors (Lipinski definition) is 3. The summed E-state index contributed by atoms with van der Waals surface area (Å²) in [5, 5.41) is 0. The van der Waals surface area contributed by atoms with Crippen LogP contribution >= 0.6 is 12.2 Å². The summed E-state index contributed by atoms with van der Waals surface area (Å²) >= 11 is 4.90. The molecule has 0 radical (unpaired) electrons. The summed E-state index contributed by atoms with van der Waals surface area (Å²) in [5.41, 5.74) is 8.21. The Balaban J connectivity index is 1.71. The fraction of sp³-hybridized carbons (Fsp3) is 0.562. The third-order valence-electron chi connectivity index (χ3n) is 3.89. The summed E-state index contributed by atoms with van der Waals surface area (Å²) in [6, 6.07) is 8.79. The molecular formula is C16H25N3S. The molecular weight excluding hydrogens is 266 g/mol. The average Bonchev–Trinajstić information content (AvgIpc) is 2.44. The largest absolute Gasteiger partial charge is 0.393 e. The van der Waals surface area contributed by atoms with Gasteiger partial charge in [-0.05, 0) is 50.4 Å². The molecule has 0 unspecified atom stereocenters. The summed E-state index contributed by atoms with van der Waals surface area (Å²) in [6.45, 7) is 7.88. The van der Waals surface area contributed by atoms with Gasteiger partial charge in [-0.25, -0.2) is 0 Å². The van der Waals surface area contributed by atoms with Crippen LogP contribution in [0.3, 0.4) is 0 Å². The Bertz CT molecular complexity index is 439. The zero-order valence-corrected chi connectivity index (χ0v) is 13.2. The first-order valence-corrected chi connectivity index (χ1v) is 7.88. The molecule has 0 atom stereocenters. The molecule has 0 saturated carbocycles. The number of hydrogen-bond donors (Lipinski definition) is 1. The minimum Gasteiger partial charge on any atom is -0.393 e. The number of unbranched alkanes of at least 4 members (excludes halogenated alkanes) is 1. The summed E-state index contributed by atoms with van der Waals surface area (Å²) in [5.74, 6) is 0. The molecule has 4 heteroatoms. The van der Waals surface area contributed by atoms with Gasteiger partial charge in [0.2, 0.25) is 0 Å². The molecule has 0 amide bonds. The van der Waals surface area contributed by atoms with Gasteiger partial charge in [-0.15, -0.1) is 0 Å². The van der Waals surface area contributed by atoms with Crippen molar-refractivity contribution in [2.45, 2.75) is 26.2 Å². The van der Waals surface area contributed by atoms with E-state index in [0.717, 1.165) is 39.0 Å². The molecule has 1 fully saturated rings. The number of nitrogens with zero attached hydrogens (tertiary/aromatic N) is 2. The molecule has 20 heavy (non-hydrogen) atoms. The number of rotatable bonds is 6. The Morgan fingerprint density at radius 2 is 1.95 bits per heavy atom. The number of thiocarbonyl (C=S) groups is 1. The lowest BCUT2D eigenvalue weighted by atomic mass is 10.2. The summed E-state index contributed by atoms with van der Waals surface area (Å²) in [4.78, 5) is 5.68. The third-order valence-corrected chi connectivity index (χ3v) is 4.09. The highest BCUT2D eigenvalue weighted by Gasteiger charge is 2.16. The summed E-state index contributed by atoms with van der Waals surface area (Å²) < 4.78 is 0. The zero-order chi connectivity index (χ0) is 14.4. The minimum absolute atomic E-state index is 0.647. The predicted molar refractivity (Wildman–Crippen MR) is 90.5 cm³/mol. The van der Waals surface area contributed by atoms with Gasteiger partial charge in [-0.3, -0.25) is 4.90 Å². The Hall–Kier alpha value is -1.13. The van der Waals surface area contributed by atoms with Crippen LogP contribution in [0.4, 0.5) is 5.69 Å². The topological polar surface area (TPSA) is 32.5 Å². The van der Waals surface area contributed by atoms with Crippen molar-refractivity contribution < 1.29 is 0 Å². The van der Waals surface area contributed by atoms with Crippen molar-refractivity contribution >= 4 is 22.9 Å². The normalized spacial score (nSPS) is 16.4. The van der Waals surface area contributed by atoms with Crippen LogP contribution in [-0.2, 0) is 0 Å². The lowest BCUT2D eigenvalue weighted by Crippen LogP contribution is -2.46. The van der Waals surface area contributed by atoms with E-state index in [9.17, 15) is 0 Å². The summed E-state index contributed by atoms with van der Waals surface area (Å²) in [7, 11) is 0. The van der Waals surface area contributed by atoms with Gasteiger partial charge >= 0.3 is 0 Å². The van der Waals surface area contributed by atoms with Crippen LogP contribution in [0.25, 0.3) is 0 Å².